The van der Waals surface area contributed by atoms with Crippen molar-refractivity contribution in [2.24, 2.45) is 28.1 Å². The van der Waals surface area contributed by atoms with Gasteiger partial charge in [-0.25, -0.2) is 0 Å². The number of nitro benzene ring substituents is 1. The Morgan fingerprint density at radius 1 is 1.10 bits per heavy atom. The molecule has 2 aromatic rings. The van der Waals surface area contributed by atoms with Crippen LogP contribution in [0, 0.1) is 16.0 Å². The Morgan fingerprint density at radius 3 is 2.41 bits per heavy atom. The summed E-state index contributed by atoms with van der Waals surface area (Å²) >= 11 is 0. The second-order valence-electron chi connectivity index (χ2n) is 9.72. The van der Waals surface area contributed by atoms with Crippen molar-refractivity contribution in [3.63, 3.8) is 0 Å². The van der Waals surface area contributed by atoms with Crippen LogP contribution in [-0.2, 0) is 20.8 Å². The van der Waals surface area contributed by atoms with Gasteiger partial charge in [-0.15, -0.1) is 12.4 Å². The van der Waals surface area contributed by atoms with Crippen LogP contribution in [0.15, 0.2) is 59.6 Å². The Kier molecular flexibility index (Phi) is 13.0. The molecule has 1 aliphatic heterocycles. The van der Waals surface area contributed by atoms with Crippen molar-refractivity contribution >= 4 is 47.5 Å². The van der Waals surface area contributed by atoms with Crippen molar-refractivity contribution < 1.29 is 19.3 Å². The fourth-order valence-corrected chi connectivity index (χ4v) is 4.54. The lowest BCUT2D eigenvalue weighted by Crippen LogP contribution is -2.53. The molecule has 14 heteroatoms. The van der Waals surface area contributed by atoms with Gasteiger partial charge in [-0.1, -0.05) is 30.3 Å². The number of carbonyl (C=O) groups is 3. The summed E-state index contributed by atoms with van der Waals surface area (Å²) < 4.78 is 0. The summed E-state index contributed by atoms with van der Waals surface area (Å²) in [4.78, 5) is 55.3. The van der Waals surface area contributed by atoms with E-state index >= 15 is 0 Å². The lowest BCUT2D eigenvalue weighted by Gasteiger charge is -2.34. The van der Waals surface area contributed by atoms with Gasteiger partial charge in [0, 0.05) is 37.5 Å². The molecule has 0 spiro atoms. The summed E-state index contributed by atoms with van der Waals surface area (Å²) in [5.41, 5.74) is 18.1. The van der Waals surface area contributed by atoms with Crippen LogP contribution in [0.5, 0.6) is 0 Å². The molecule has 41 heavy (non-hydrogen) atoms. The molecule has 8 N–H and O–H groups in total. The van der Waals surface area contributed by atoms with Gasteiger partial charge in [0.15, 0.2) is 5.96 Å². The summed E-state index contributed by atoms with van der Waals surface area (Å²) in [5.74, 6) is -1.63. The Hall–Kier alpha value is -4.23. The largest absolute Gasteiger partial charge is 0.370 e. The minimum absolute atomic E-state index is 0. The van der Waals surface area contributed by atoms with Gasteiger partial charge in [0.05, 0.1) is 16.9 Å². The van der Waals surface area contributed by atoms with E-state index in [4.69, 9.17) is 17.2 Å². The maximum absolute atomic E-state index is 13.3. The number of carbonyl (C=O) groups excluding carboxylic acids is 3. The highest BCUT2D eigenvalue weighted by atomic mass is 35.5. The number of halogens is 1. The predicted molar refractivity (Wildman–Crippen MR) is 158 cm³/mol. The Bertz CT molecular complexity index is 1210. The van der Waals surface area contributed by atoms with Crippen molar-refractivity contribution in [2.75, 3.05) is 25.0 Å². The molecule has 1 heterocycles. The molecule has 222 valence electrons. The molecule has 0 aromatic heterocycles. The molecule has 1 fully saturated rings. The fraction of sp³-hybridized carbons (Fsp3) is 0.407. The average molecular weight is 589 g/mol. The molecular formula is C27H37ClN8O5. The topological polar surface area (TPSA) is 212 Å². The number of benzene rings is 2. The summed E-state index contributed by atoms with van der Waals surface area (Å²) in [6.45, 7) is 0.982. The zero-order valence-corrected chi connectivity index (χ0v) is 23.4. The SMILES string of the molecule is Cl.NC(N)=NCCC[C@H](NC(=O)[C@@H]1CCCN(C(=O)[C@H](N)Cc2ccccc2)C1)C(=O)Nc1ccc([N+](=O)[O-])cc1. The summed E-state index contributed by atoms with van der Waals surface area (Å²) in [5, 5.41) is 16.4. The smallest absolute Gasteiger partial charge is 0.269 e. The molecule has 0 bridgehead atoms. The van der Waals surface area contributed by atoms with Crippen LogP contribution in [0.2, 0.25) is 0 Å². The number of likely N-dealkylation sites (tertiary alicyclic amines) is 1. The molecule has 3 atom stereocenters. The van der Waals surface area contributed by atoms with E-state index in [-0.39, 0.29) is 55.4 Å². The molecule has 0 aliphatic carbocycles. The maximum Gasteiger partial charge on any atom is 0.269 e. The zero-order chi connectivity index (χ0) is 29.1. The normalized spacial score (nSPS) is 15.9. The number of piperidine rings is 1. The first-order valence-electron chi connectivity index (χ1n) is 13.1. The number of nitro groups is 1. The second kappa shape index (κ2) is 16.1. The molecule has 3 rings (SSSR count). The highest BCUT2D eigenvalue weighted by molar-refractivity contribution is 5.97. The van der Waals surface area contributed by atoms with Crippen molar-refractivity contribution in [2.45, 2.75) is 44.2 Å². The van der Waals surface area contributed by atoms with Gasteiger partial charge in [0.2, 0.25) is 17.7 Å². The minimum atomic E-state index is -0.914. The average Bonchev–Trinajstić information content (AvgIpc) is 2.94. The first-order chi connectivity index (χ1) is 19.1. The van der Waals surface area contributed by atoms with E-state index in [0.29, 0.717) is 37.9 Å². The monoisotopic (exact) mass is 588 g/mol. The molecule has 0 unspecified atom stereocenters. The third-order valence-corrected chi connectivity index (χ3v) is 6.64. The van der Waals surface area contributed by atoms with Gasteiger partial charge in [0.1, 0.15) is 6.04 Å². The molecule has 2 aromatic carbocycles. The van der Waals surface area contributed by atoms with Crippen LogP contribution in [0.25, 0.3) is 0 Å². The molecule has 1 aliphatic rings. The van der Waals surface area contributed by atoms with Crippen LogP contribution >= 0.6 is 12.4 Å². The number of amides is 3. The fourth-order valence-electron chi connectivity index (χ4n) is 4.54. The van der Waals surface area contributed by atoms with E-state index in [1.54, 1.807) is 4.90 Å². The number of aliphatic imine (C=N–C) groups is 1. The summed E-state index contributed by atoms with van der Waals surface area (Å²) in [6, 6.07) is 13.2. The molecule has 13 nitrogen and oxygen atoms in total. The molecule has 1 saturated heterocycles. The summed E-state index contributed by atoms with van der Waals surface area (Å²) in [6.07, 6.45) is 2.26. The standard InChI is InChI=1S/C27H36N8O5.ClH/c28-22(16-18-6-2-1-3-7-18)26(38)34-15-5-8-19(17-34)24(36)33-23(9-4-14-31-27(29)30)25(37)32-20-10-12-21(13-11-20)35(39)40;/h1-3,6-7,10-13,19,22-23H,4-5,8-9,14-17,28H2,(H,32,37)(H,33,36)(H4,29,30,31);1H/t19-,22-,23+;/m1./s1. The van der Waals surface area contributed by atoms with E-state index in [1.165, 1.54) is 24.3 Å². The Labute approximate surface area is 244 Å². The predicted octanol–water partition coefficient (Wildman–Crippen LogP) is 1.30. The quantitative estimate of drug-likeness (QED) is 0.0799. The number of nitrogens with one attached hydrogen (secondary N) is 2. The Morgan fingerprint density at radius 2 is 1.78 bits per heavy atom. The number of hydrogen-bond acceptors (Lipinski definition) is 7. The number of non-ortho nitro benzene ring substituents is 1. The highest BCUT2D eigenvalue weighted by Gasteiger charge is 2.32. The van der Waals surface area contributed by atoms with E-state index in [2.05, 4.69) is 15.6 Å². The number of hydrogen-bond donors (Lipinski definition) is 5. The molecule has 0 saturated carbocycles. The lowest BCUT2D eigenvalue weighted by atomic mass is 9.95. The number of nitrogens with two attached hydrogens (primary N) is 3. The van der Waals surface area contributed by atoms with Crippen molar-refractivity contribution in [3.8, 4) is 0 Å². The number of rotatable bonds is 12. The van der Waals surface area contributed by atoms with Gasteiger partial charge < -0.3 is 32.7 Å². The maximum atomic E-state index is 13.3. The van der Waals surface area contributed by atoms with Gasteiger partial charge >= 0.3 is 0 Å². The van der Waals surface area contributed by atoms with Gasteiger partial charge in [-0.3, -0.25) is 29.5 Å². The molecule has 0 radical (unpaired) electrons. The van der Waals surface area contributed by atoms with Crippen LogP contribution in [0.4, 0.5) is 11.4 Å². The first kappa shape index (κ1) is 33.0. The number of guanidine groups is 1. The first-order valence-corrected chi connectivity index (χ1v) is 13.1. The van der Waals surface area contributed by atoms with E-state index < -0.39 is 28.8 Å². The molecule has 3 amide bonds. The Balaban J connectivity index is 0.00000588. The third-order valence-electron chi connectivity index (χ3n) is 6.64. The van der Waals surface area contributed by atoms with E-state index in [9.17, 15) is 24.5 Å². The van der Waals surface area contributed by atoms with Crippen LogP contribution in [-0.4, -0.2) is 65.2 Å². The second-order valence-corrected chi connectivity index (χ2v) is 9.72. The van der Waals surface area contributed by atoms with Crippen LogP contribution < -0.4 is 27.8 Å². The van der Waals surface area contributed by atoms with Crippen molar-refractivity contribution in [1.29, 1.82) is 0 Å². The highest BCUT2D eigenvalue weighted by Crippen LogP contribution is 2.20. The van der Waals surface area contributed by atoms with E-state index in [1.807, 2.05) is 30.3 Å². The summed E-state index contributed by atoms with van der Waals surface area (Å²) in [7, 11) is 0. The van der Waals surface area contributed by atoms with Crippen molar-refractivity contribution in [1.82, 2.24) is 10.2 Å². The van der Waals surface area contributed by atoms with Gasteiger partial charge in [-0.05, 0) is 49.8 Å². The van der Waals surface area contributed by atoms with Crippen LogP contribution in [0.1, 0.15) is 31.2 Å². The van der Waals surface area contributed by atoms with E-state index in [0.717, 1.165) is 5.56 Å². The van der Waals surface area contributed by atoms with Gasteiger partial charge in [0.25, 0.3) is 5.69 Å². The molecular weight excluding hydrogens is 552 g/mol. The van der Waals surface area contributed by atoms with Crippen LogP contribution in [0.3, 0.4) is 0 Å². The van der Waals surface area contributed by atoms with Gasteiger partial charge in [-0.2, -0.15) is 0 Å². The zero-order valence-electron chi connectivity index (χ0n) is 22.6. The number of anilines is 1. The minimum Gasteiger partial charge on any atom is -0.370 e. The number of nitrogens with zero attached hydrogens (tertiary/aromatic N) is 3. The lowest BCUT2D eigenvalue weighted by molar-refractivity contribution is -0.384. The van der Waals surface area contributed by atoms with Crippen molar-refractivity contribution in [3.05, 3.63) is 70.3 Å². The third kappa shape index (κ3) is 10.4.